The molecule has 0 aliphatic carbocycles. The van der Waals surface area contributed by atoms with Crippen molar-refractivity contribution in [2.45, 2.75) is 19.8 Å². The van der Waals surface area contributed by atoms with Crippen LogP contribution in [0.1, 0.15) is 35.8 Å². The van der Waals surface area contributed by atoms with Crippen molar-refractivity contribution < 1.29 is 4.79 Å². The lowest BCUT2D eigenvalue weighted by atomic mass is 10.2. The third kappa shape index (κ3) is 5.92. The molecule has 1 N–H and O–H groups in total. The second-order valence-electron chi connectivity index (χ2n) is 7.12. The molecular weight excluding hydrogens is 348 g/mol. The maximum absolute atomic E-state index is 12.8. The summed E-state index contributed by atoms with van der Waals surface area (Å²) in [6.45, 7) is 7.26. The molecule has 3 rings (SSSR count). The third-order valence-corrected chi connectivity index (χ3v) is 4.97. The van der Waals surface area contributed by atoms with E-state index in [0.717, 1.165) is 57.8 Å². The molecule has 0 atom stereocenters. The van der Waals surface area contributed by atoms with Gasteiger partial charge in [-0.3, -0.25) is 14.7 Å². The summed E-state index contributed by atoms with van der Waals surface area (Å²) >= 11 is 0. The van der Waals surface area contributed by atoms with Crippen LogP contribution in [0.15, 0.2) is 54.7 Å². The first-order chi connectivity index (χ1) is 13.8. The maximum atomic E-state index is 12.8. The smallest absolute Gasteiger partial charge is 0.272 e. The number of amides is 1. The zero-order chi connectivity index (χ0) is 19.6. The number of nitrogens with one attached hydrogen (secondary N) is 1. The molecule has 28 heavy (non-hydrogen) atoms. The van der Waals surface area contributed by atoms with Gasteiger partial charge in [-0.15, -0.1) is 0 Å². The monoisotopic (exact) mass is 378 g/mol. The number of carbonyl (C=O) groups is 1. The second-order valence-corrected chi connectivity index (χ2v) is 7.12. The van der Waals surface area contributed by atoms with Crippen molar-refractivity contribution in [3.05, 3.63) is 66.0 Å². The van der Waals surface area contributed by atoms with Gasteiger partial charge in [0.2, 0.25) is 0 Å². The van der Waals surface area contributed by atoms with Gasteiger partial charge in [-0.25, -0.2) is 0 Å². The average Bonchev–Trinajstić information content (AvgIpc) is 2.75. The van der Waals surface area contributed by atoms with Gasteiger partial charge >= 0.3 is 0 Å². The van der Waals surface area contributed by atoms with Gasteiger partial charge in [0.15, 0.2) is 0 Å². The highest BCUT2D eigenvalue weighted by Gasteiger charge is 2.22. The molecule has 1 aromatic heterocycles. The minimum Gasteiger partial charge on any atom is -0.385 e. The van der Waals surface area contributed by atoms with Gasteiger partial charge in [0, 0.05) is 51.2 Å². The van der Waals surface area contributed by atoms with Crippen molar-refractivity contribution in [2.75, 3.05) is 44.6 Å². The molecule has 2 aromatic rings. The molecule has 0 unspecified atom stereocenters. The summed E-state index contributed by atoms with van der Waals surface area (Å²) < 4.78 is 0. The van der Waals surface area contributed by atoms with E-state index in [9.17, 15) is 4.79 Å². The molecule has 1 aliphatic heterocycles. The Kier molecular flexibility index (Phi) is 7.62. The van der Waals surface area contributed by atoms with E-state index in [4.69, 9.17) is 0 Å². The molecule has 1 fully saturated rings. The summed E-state index contributed by atoms with van der Waals surface area (Å²) in [4.78, 5) is 21.4. The van der Waals surface area contributed by atoms with E-state index in [0.29, 0.717) is 5.69 Å². The quantitative estimate of drug-likeness (QED) is 0.711. The number of aromatic nitrogens is 1. The van der Waals surface area contributed by atoms with Crippen LogP contribution < -0.4 is 5.32 Å². The fourth-order valence-electron chi connectivity index (χ4n) is 3.26. The summed E-state index contributed by atoms with van der Waals surface area (Å²) in [7, 11) is 0. The largest absolute Gasteiger partial charge is 0.385 e. The Hall–Kier alpha value is -2.66. The number of anilines is 1. The first-order valence-electron chi connectivity index (χ1n) is 10.2. The molecule has 0 spiro atoms. The van der Waals surface area contributed by atoms with Crippen molar-refractivity contribution in [3.8, 4) is 0 Å². The van der Waals surface area contributed by atoms with Crippen molar-refractivity contribution in [1.82, 2.24) is 14.8 Å². The number of carbonyl (C=O) groups excluding carboxylic acids is 1. The van der Waals surface area contributed by atoms with Crippen LogP contribution in [0, 0.1) is 0 Å². The number of benzene rings is 1. The standard InChI is InChI=1S/C23H30N4O/c1-2-3-12-24-21-11-13-25-22(19-21)23(28)27-17-15-26(16-18-27)14-7-10-20-8-5-4-6-9-20/h4-11,13,19H,2-3,12,14-18H2,1H3,(H,24,25)/b10-7+. The van der Waals surface area contributed by atoms with E-state index in [2.05, 4.69) is 46.4 Å². The maximum Gasteiger partial charge on any atom is 0.272 e. The zero-order valence-electron chi connectivity index (χ0n) is 16.7. The molecule has 2 heterocycles. The highest BCUT2D eigenvalue weighted by atomic mass is 16.2. The number of piperazine rings is 1. The Morgan fingerprint density at radius 2 is 1.93 bits per heavy atom. The van der Waals surface area contributed by atoms with Crippen LogP contribution in [0.2, 0.25) is 0 Å². The van der Waals surface area contributed by atoms with Gasteiger partial charge in [-0.05, 0) is 24.1 Å². The van der Waals surface area contributed by atoms with Gasteiger partial charge in [-0.1, -0.05) is 55.8 Å². The lowest BCUT2D eigenvalue weighted by Gasteiger charge is -2.34. The van der Waals surface area contributed by atoms with E-state index in [1.54, 1.807) is 6.20 Å². The molecule has 5 heteroatoms. The second kappa shape index (κ2) is 10.6. The Bertz CT molecular complexity index is 767. The number of rotatable bonds is 8. The molecule has 5 nitrogen and oxygen atoms in total. The van der Waals surface area contributed by atoms with Crippen LogP contribution in [-0.4, -0.2) is 60.0 Å². The predicted molar refractivity (Wildman–Crippen MR) is 115 cm³/mol. The van der Waals surface area contributed by atoms with Gasteiger partial charge in [0.1, 0.15) is 5.69 Å². The number of pyridine rings is 1. The van der Waals surface area contributed by atoms with Gasteiger partial charge < -0.3 is 10.2 Å². The van der Waals surface area contributed by atoms with E-state index >= 15 is 0 Å². The Labute approximate surface area is 168 Å². The normalized spacial score (nSPS) is 15.1. The van der Waals surface area contributed by atoms with Crippen LogP contribution in [-0.2, 0) is 0 Å². The number of hydrogen-bond donors (Lipinski definition) is 1. The van der Waals surface area contributed by atoms with Crippen molar-refractivity contribution >= 4 is 17.7 Å². The van der Waals surface area contributed by atoms with Crippen molar-refractivity contribution in [2.24, 2.45) is 0 Å². The van der Waals surface area contributed by atoms with Crippen LogP contribution in [0.5, 0.6) is 0 Å². The van der Waals surface area contributed by atoms with E-state index < -0.39 is 0 Å². The Morgan fingerprint density at radius 3 is 2.68 bits per heavy atom. The van der Waals surface area contributed by atoms with Crippen LogP contribution in [0.3, 0.4) is 0 Å². The topological polar surface area (TPSA) is 48.5 Å². The van der Waals surface area contributed by atoms with Gasteiger partial charge in [0.25, 0.3) is 5.91 Å². The van der Waals surface area contributed by atoms with E-state index in [1.807, 2.05) is 35.2 Å². The van der Waals surface area contributed by atoms with Crippen molar-refractivity contribution in [3.63, 3.8) is 0 Å². The lowest BCUT2D eigenvalue weighted by molar-refractivity contribution is 0.0644. The van der Waals surface area contributed by atoms with E-state index in [1.165, 1.54) is 5.56 Å². The molecular formula is C23H30N4O. The summed E-state index contributed by atoms with van der Waals surface area (Å²) in [5.41, 5.74) is 2.71. The molecule has 0 radical (unpaired) electrons. The fourth-order valence-corrected chi connectivity index (χ4v) is 3.26. The highest BCUT2D eigenvalue weighted by molar-refractivity contribution is 5.93. The summed E-state index contributed by atoms with van der Waals surface area (Å²) in [6, 6.07) is 14.1. The minimum atomic E-state index is 0.0265. The number of hydrogen-bond acceptors (Lipinski definition) is 4. The summed E-state index contributed by atoms with van der Waals surface area (Å²) in [5.74, 6) is 0.0265. The number of unbranched alkanes of at least 4 members (excludes halogenated alkanes) is 1. The summed E-state index contributed by atoms with van der Waals surface area (Å²) in [5, 5.41) is 3.36. The molecule has 1 aromatic carbocycles. The summed E-state index contributed by atoms with van der Waals surface area (Å²) in [6.07, 6.45) is 8.32. The first kappa shape index (κ1) is 20.1. The molecule has 1 amide bonds. The Balaban J connectivity index is 1.47. The van der Waals surface area contributed by atoms with Gasteiger partial charge in [0.05, 0.1) is 0 Å². The van der Waals surface area contributed by atoms with Crippen molar-refractivity contribution in [1.29, 1.82) is 0 Å². The number of nitrogens with zero attached hydrogens (tertiary/aromatic N) is 3. The van der Waals surface area contributed by atoms with Gasteiger partial charge in [-0.2, -0.15) is 0 Å². The van der Waals surface area contributed by atoms with Crippen LogP contribution >= 0.6 is 0 Å². The molecule has 0 saturated carbocycles. The Morgan fingerprint density at radius 1 is 1.14 bits per heavy atom. The van der Waals surface area contributed by atoms with Crippen LogP contribution in [0.4, 0.5) is 5.69 Å². The average molecular weight is 379 g/mol. The minimum absolute atomic E-state index is 0.0265. The molecule has 1 saturated heterocycles. The highest BCUT2D eigenvalue weighted by Crippen LogP contribution is 2.12. The first-order valence-corrected chi connectivity index (χ1v) is 10.2. The third-order valence-electron chi connectivity index (χ3n) is 4.97. The lowest BCUT2D eigenvalue weighted by Crippen LogP contribution is -2.48. The van der Waals surface area contributed by atoms with E-state index in [-0.39, 0.29) is 5.91 Å². The SMILES string of the molecule is CCCCNc1ccnc(C(=O)N2CCN(C/C=C/c3ccccc3)CC2)c1. The fraction of sp³-hybridized carbons (Fsp3) is 0.391. The molecule has 0 bridgehead atoms. The molecule has 1 aliphatic rings. The zero-order valence-corrected chi connectivity index (χ0v) is 16.7. The molecule has 148 valence electrons. The van der Waals surface area contributed by atoms with Crippen LogP contribution in [0.25, 0.3) is 6.08 Å². The predicted octanol–water partition coefficient (Wildman–Crippen LogP) is 3.76.